The zero-order chi connectivity index (χ0) is 13.5. The van der Waals surface area contributed by atoms with Crippen LogP contribution in [0.2, 0.25) is 0 Å². The second-order valence-electron chi connectivity index (χ2n) is 5.25. The number of rotatable bonds is 2. The average Bonchev–Trinajstić information content (AvgIpc) is 2.37. The van der Waals surface area contributed by atoms with Crippen LogP contribution in [0, 0.1) is 20.8 Å². The Morgan fingerprint density at radius 2 is 1.94 bits per heavy atom. The van der Waals surface area contributed by atoms with Crippen molar-refractivity contribution < 1.29 is 9.26 Å². The second kappa shape index (κ2) is 4.59. The Morgan fingerprint density at radius 1 is 1.28 bits per heavy atom. The van der Waals surface area contributed by atoms with Gasteiger partial charge in [0.05, 0.1) is 9.47 Å². The molecule has 0 bridgehead atoms. The SMILES string of the molecule is C=C[C@]1(C)CCc2c(C)c(OP)c(C)c(C)c2O1. The maximum Gasteiger partial charge on any atom is 0.129 e. The van der Waals surface area contributed by atoms with Gasteiger partial charge in [0.15, 0.2) is 0 Å². The van der Waals surface area contributed by atoms with Crippen LogP contribution in [0.3, 0.4) is 0 Å². The lowest BCUT2D eigenvalue weighted by Gasteiger charge is -2.36. The summed E-state index contributed by atoms with van der Waals surface area (Å²) >= 11 is 0. The Labute approximate surface area is 112 Å². The first-order chi connectivity index (χ1) is 8.43. The predicted octanol–water partition coefficient (Wildman–Crippen LogP) is 4.05. The fraction of sp³-hybridized carbons (Fsp3) is 0.467. The van der Waals surface area contributed by atoms with Crippen molar-refractivity contribution in [2.45, 2.75) is 46.1 Å². The van der Waals surface area contributed by atoms with E-state index in [9.17, 15) is 0 Å². The maximum atomic E-state index is 6.18. The smallest absolute Gasteiger partial charge is 0.129 e. The minimum absolute atomic E-state index is 0.250. The van der Waals surface area contributed by atoms with E-state index in [1.165, 1.54) is 16.7 Å². The molecule has 0 radical (unpaired) electrons. The molecule has 98 valence electrons. The van der Waals surface area contributed by atoms with Crippen molar-refractivity contribution in [1.82, 2.24) is 0 Å². The molecule has 0 aliphatic carbocycles. The molecule has 1 aromatic carbocycles. The van der Waals surface area contributed by atoms with E-state index in [0.717, 1.165) is 29.9 Å². The Hall–Kier alpha value is -1.01. The van der Waals surface area contributed by atoms with E-state index in [1.807, 2.05) is 6.08 Å². The minimum atomic E-state index is -0.250. The molecule has 0 spiro atoms. The highest BCUT2D eigenvalue weighted by molar-refractivity contribution is 7.10. The summed E-state index contributed by atoms with van der Waals surface area (Å²) in [6, 6.07) is 0. The van der Waals surface area contributed by atoms with Crippen molar-refractivity contribution >= 4 is 9.47 Å². The summed E-state index contributed by atoms with van der Waals surface area (Å²) in [5.74, 6) is 1.98. The third-order valence-corrected chi connectivity index (χ3v) is 4.30. The molecule has 1 aromatic rings. The number of fused-ring (bicyclic) bond motifs is 1. The van der Waals surface area contributed by atoms with E-state index in [-0.39, 0.29) is 5.60 Å². The quantitative estimate of drug-likeness (QED) is 0.592. The van der Waals surface area contributed by atoms with Gasteiger partial charge in [-0.15, -0.1) is 0 Å². The predicted molar refractivity (Wildman–Crippen MR) is 78.5 cm³/mol. The van der Waals surface area contributed by atoms with Crippen molar-refractivity contribution in [1.29, 1.82) is 0 Å². The number of benzene rings is 1. The van der Waals surface area contributed by atoms with Gasteiger partial charge < -0.3 is 9.26 Å². The van der Waals surface area contributed by atoms with Crippen LogP contribution in [0.1, 0.15) is 35.6 Å². The standard InChI is InChI=1S/C15H21O2P/c1-6-15(5)8-7-12-11(4)13(17-18)9(2)10(3)14(12)16-15/h6H,1,7-8,18H2,2-5H3/t15-/m1/s1. The van der Waals surface area contributed by atoms with E-state index < -0.39 is 0 Å². The fourth-order valence-corrected chi connectivity index (χ4v) is 2.93. The minimum Gasteiger partial charge on any atom is -0.483 e. The van der Waals surface area contributed by atoms with Gasteiger partial charge in [-0.1, -0.05) is 6.58 Å². The van der Waals surface area contributed by atoms with Gasteiger partial charge in [0, 0.05) is 5.56 Å². The van der Waals surface area contributed by atoms with E-state index in [0.29, 0.717) is 0 Å². The fourth-order valence-electron chi connectivity index (χ4n) is 2.57. The van der Waals surface area contributed by atoms with Gasteiger partial charge in [0.25, 0.3) is 0 Å². The van der Waals surface area contributed by atoms with Crippen LogP contribution in [-0.2, 0) is 6.42 Å². The molecule has 0 amide bonds. The molecule has 0 aromatic heterocycles. The van der Waals surface area contributed by atoms with Crippen LogP contribution in [0.4, 0.5) is 0 Å². The van der Waals surface area contributed by atoms with Crippen molar-refractivity contribution in [2.75, 3.05) is 0 Å². The molecule has 2 atom stereocenters. The lowest BCUT2D eigenvalue weighted by molar-refractivity contribution is 0.113. The topological polar surface area (TPSA) is 18.5 Å². The van der Waals surface area contributed by atoms with Gasteiger partial charge in [-0.25, -0.2) is 0 Å². The zero-order valence-corrected chi connectivity index (χ0v) is 12.7. The summed E-state index contributed by atoms with van der Waals surface area (Å²) < 4.78 is 11.6. The molecule has 0 fully saturated rings. The summed E-state index contributed by atoms with van der Waals surface area (Å²) in [5.41, 5.74) is 4.53. The summed E-state index contributed by atoms with van der Waals surface area (Å²) in [4.78, 5) is 0. The maximum absolute atomic E-state index is 6.18. The Morgan fingerprint density at radius 3 is 2.50 bits per heavy atom. The first kappa shape index (κ1) is 13.4. The molecule has 1 unspecified atom stereocenters. The van der Waals surface area contributed by atoms with Crippen molar-refractivity contribution in [2.24, 2.45) is 0 Å². The van der Waals surface area contributed by atoms with E-state index in [2.05, 4.69) is 43.7 Å². The van der Waals surface area contributed by atoms with E-state index in [4.69, 9.17) is 9.26 Å². The van der Waals surface area contributed by atoms with Crippen LogP contribution < -0.4 is 9.26 Å². The molecule has 1 heterocycles. The van der Waals surface area contributed by atoms with Crippen LogP contribution >= 0.6 is 9.47 Å². The van der Waals surface area contributed by atoms with Gasteiger partial charge in [-0.05, 0) is 63.3 Å². The lowest BCUT2D eigenvalue weighted by atomic mass is 9.87. The number of ether oxygens (including phenoxy) is 1. The molecule has 3 heteroatoms. The molecular formula is C15H21O2P. The van der Waals surface area contributed by atoms with Gasteiger partial charge in [0.2, 0.25) is 0 Å². The van der Waals surface area contributed by atoms with E-state index >= 15 is 0 Å². The summed E-state index contributed by atoms with van der Waals surface area (Å²) in [6.45, 7) is 12.2. The van der Waals surface area contributed by atoms with Crippen LogP contribution in [0.25, 0.3) is 0 Å². The summed E-state index contributed by atoms with van der Waals surface area (Å²) in [7, 11) is 2.34. The number of hydrogen-bond donors (Lipinski definition) is 0. The van der Waals surface area contributed by atoms with Crippen LogP contribution in [0.15, 0.2) is 12.7 Å². The third kappa shape index (κ3) is 1.93. The molecule has 0 N–H and O–H groups in total. The first-order valence-electron chi connectivity index (χ1n) is 6.25. The largest absolute Gasteiger partial charge is 0.483 e. The molecule has 1 aliphatic rings. The molecule has 1 aliphatic heterocycles. The lowest BCUT2D eigenvalue weighted by Crippen LogP contribution is -2.34. The second-order valence-corrected chi connectivity index (χ2v) is 5.48. The van der Waals surface area contributed by atoms with Gasteiger partial charge >= 0.3 is 0 Å². The van der Waals surface area contributed by atoms with Crippen LogP contribution in [-0.4, -0.2) is 5.60 Å². The highest BCUT2D eigenvalue weighted by atomic mass is 31.0. The number of hydrogen-bond acceptors (Lipinski definition) is 2. The zero-order valence-electron chi connectivity index (χ0n) is 11.6. The molecule has 2 nitrogen and oxygen atoms in total. The van der Waals surface area contributed by atoms with Gasteiger partial charge in [-0.3, -0.25) is 0 Å². The monoisotopic (exact) mass is 264 g/mol. The molecule has 18 heavy (non-hydrogen) atoms. The van der Waals surface area contributed by atoms with Gasteiger partial charge in [-0.2, -0.15) is 0 Å². The third-order valence-electron chi connectivity index (χ3n) is 4.07. The summed E-state index contributed by atoms with van der Waals surface area (Å²) in [5, 5.41) is 0. The van der Waals surface area contributed by atoms with Crippen LogP contribution in [0.5, 0.6) is 11.5 Å². The summed E-state index contributed by atoms with van der Waals surface area (Å²) in [6.07, 6.45) is 3.87. The first-order valence-corrected chi connectivity index (χ1v) is 6.72. The highest BCUT2D eigenvalue weighted by Gasteiger charge is 2.32. The Bertz CT molecular complexity index is 508. The molecule has 0 saturated carbocycles. The Kier molecular flexibility index (Phi) is 3.42. The highest BCUT2D eigenvalue weighted by Crippen LogP contribution is 2.44. The van der Waals surface area contributed by atoms with Crippen molar-refractivity contribution in [3.8, 4) is 11.5 Å². The molecule has 2 rings (SSSR count). The Balaban J connectivity index is 2.63. The van der Waals surface area contributed by atoms with Gasteiger partial charge in [0.1, 0.15) is 17.1 Å². The molecular weight excluding hydrogens is 243 g/mol. The van der Waals surface area contributed by atoms with E-state index in [1.54, 1.807) is 0 Å². The average molecular weight is 264 g/mol. The van der Waals surface area contributed by atoms with Crippen molar-refractivity contribution in [3.05, 3.63) is 34.9 Å². The molecule has 0 saturated heterocycles. The van der Waals surface area contributed by atoms with Crippen molar-refractivity contribution in [3.63, 3.8) is 0 Å². The normalized spacial score (nSPS) is 22.1.